The van der Waals surface area contributed by atoms with Gasteiger partial charge in [0.1, 0.15) is 0 Å². The number of aromatic nitrogens is 1. The largest absolute Gasteiger partial charge is 0.394 e. The van der Waals surface area contributed by atoms with Gasteiger partial charge in [-0.05, 0) is 32.0 Å². The number of hydrogen-bond acceptors (Lipinski definition) is 5. The van der Waals surface area contributed by atoms with E-state index < -0.39 is 0 Å². The summed E-state index contributed by atoms with van der Waals surface area (Å²) in [6.45, 7) is 8.77. The van der Waals surface area contributed by atoms with Crippen molar-refractivity contribution in [1.29, 1.82) is 0 Å². The first-order valence-corrected chi connectivity index (χ1v) is 7.88. The summed E-state index contributed by atoms with van der Waals surface area (Å²) in [5.74, 6) is 0. The Morgan fingerprint density at radius 2 is 2.29 bits per heavy atom. The number of anilines is 1. The normalized spacial score (nSPS) is 24.1. The van der Waals surface area contributed by atoms with Crippen LogP contribution in [0.1, 0.15) is 38.9 Å². The Hall–Kier alpha value is -1.17. The zero-order valence-electron chi connectivity index (χ0n) is 13.2. The quantitative estimate of drug-likeness (QED) is 0.836. The smallest absolute Gasteiger partial charge is 0.0981 e. The second-order valence-electron chi connectivity index (χ2n) is 5.60. The molecule has 0 spiro atoms. The molecular weight excluding hydrogens is 266 g/mol. The standard InChI is InChI=1S/C16H27N3O2/c1-4-15(17-5-2)16-7-6-13(8-18-16)19-9-14(10-20)21-11-12(19)3/h6-8,12,14-15,17,20H,4-5,9-11H2,1-3H3. The molecule has 0 saturated carbocycles. The molecule has 1 saturated heterocycles. The van der Waals surface area contributed by atoms with Crippen molar-refractivity contribution in [2.24, 2.45) is 0 Å². The third-order valence-electron chi connectivity index (χ3n) is 4.03. The van der Waals surface area contributed by atoms with Crippen molar-refractivity contribution in [1.82, 2.24) is 10.3 Å². The SMILES string of the molecule is CCNC(CC)c1ccc(N2CC(CO)OCC2C)cn1. The van der Waals surface area contributed by atoms with Gasteiger partial charge in [0.15, 0.2) is 0 Å². The summed E-state index contributed by atoms with van der Waals surface area (Å²) in [6.07, 6.45) is 2.86. The number of hydrogen-bond donors (Lipinski definition) is 2. The summed E-state index contributed by atoms with van der Waals surface area (Å²) >= 11 is 0. The van der Waals surface area contributed by atoms with Crippen LogP contribution in [0.3, 0.4) is 0 Å². The minimum atomic E-state index is -0.106. The molecule has 2 heterocycles. The van der Waals surface area contributed by atoms with Crippen molar-refractivity contribution in [3.05, 3.63) is 24.0 Å². The second-order valence-corrected chi connectivity index (χ2v) is 5.60. The average molecular weight is 293 g/mol. The van der Waals surface area contributed by atoms with E-state index >= 15 is 0 Å². The van der Waals surface area contributed by atoms with Gasteiger partial charge in [0, 0.05) is 18.6 Å². The van der Waals surface area contributed by atoms with Crippen molar-refractivity contribution in [3.63, 3.8) is 0 Å². The van der Waals surface area contributed by atoms with Crippen molar-refractivity contribution >= 4 is 5.69 Å². The van der Waals surface area contributed by atoms with Gasteiger partial charge < -0.3 is 20.1 Å². The molecule has 5 nitrogen and oxygen atoms in total. The highest BCUT2D eigenvalue weighted by Crippen LogP contribution is 2.23. The van der Waals surface area contributed by atoms with Gasteiger partial charge >= 0.3 is 0 Å². The molecule has 1 fully saturated rings. The summed E-state index contributed by atoms with van der Waals surface area (Å²) < 4.78 is 5.58. The van der Waals surface area contributed by atoms with Crippen molar-refractivity contribution in [2.45, 2.75) is 45.4 Å². The highest BCUT2D eigenvalue weighted by Gasteiger charge is 2.26. The summed E-state index contributed by atoms with van der Waals surface area (Å²) in [6, 6.07) is 4.84. The Kier molecular flexibility index (Phi) is 5.96. The van der Waals surface area contributed by atoms with E-state index in [0.717, 1.165) is 24.3 Å². The van der Waals surface area contributed by atoms with Crippen molar-refractivity contribution in [2.75, 3.05) is 31.2 Å². The lowest BCUT2D eigenvalue weighted by Gasteiger charge is -2.39. The number of nitrogens with zero attached hydrogens (tertiary/aromatic N) is 2. The van der Waals surface area contributed by atoms with Crippen LogP contribution < -0.4 is 10.2 Å². The fourth-order valence-electron chi connectivity index (χ4n) is 2.77. The van der Waals surface area contributed by atoms with Gasteiger partial charge in [-0.3, -0.25) is 4.98 Å². The molecule has 21 heavy (non-hydrogen) atoms. The lowest BCUT2D eigenvalue weighted by atomic mass is 10.1. The Bertz CT molecular complexity index is 424. The maximum atomic E-state index is 9.27. The highest BCUT2D eigenvalue weighted by molar-refractivity contribution is 5.46. The molecule has 0 amide bonds. The number of morpholine rings is 1. The van der Waals surface area contributed by atoms with Crippen LogP contribution in [0, 0.1) is 0 Å². The third kappa shape index (κ3) is 3.93. The van der Waals surface area contributed by atoms with Crippen LogP contribution in [0.25, 0.3) is 0 Å². The van der Waals surface area contributed by atoms with Gasteiger partial charge in [0.25, 0.3) is 0 Å². The van der Waals surface area contributed by atoms with E-state index in [2.05, 4.69) is 48.1 Å². The van der Waals surface area contributed by atoms with E-state index in [0.29, 0.717) is 25.2 Å². The Balaban J connectivity index is 2.10. The Labute approximate surface area is 127 Å². The number of ether oxygens (including phenoxy) is 1. The number of aliphatic hydroxyl groups is 1. The Morgan fingerprint density at radius 3 is 2.86 bits per heavy atom. The molecule has 0 aromatic carbocycles. The fraction of sp³-hybridized carbons (Fsp3) is 0.688. The monoisotopic (exact) mass is 293 g/mol. The van der Waals surface area contributed by atoms with E-state index in [9.17, 15) is 5.11 Å². The molecule has 0 radical (unpaired) electrons. The molecule has 1 aliphatic heterocycles. The van der Waals surface area contributed by atoms with Crippen LogP contribution in [-0.4, -0.2) is 48.5 Å². The lowest BCUT2D eigenvalue weighted by Crippen LogP contribution is -2.49. The summed E-state index contributed by atoms with van der Waals surface area (Å²) in [4.78, 5) is 6.88. The number of rotatable bonds is 6. The highest BCUT2D eigenvalue weighted by atomic mass is 16.5. The Morgan fingerprint density at radius 1 is 1.48 bits per heavy atom. The lowest BCUT2D eigenvalue weighted by molar-refractivity contribution is -0.0103. The number of nitrogens with one attached hydrogen (secondary N) is 1. The van der Waals surface area contributed by atoms with Gasteiger partial charge in [-0.25, -0.2) is 0 Å². The third-order valence-corrected chi connectivity index (χ3v) is 4.03. The van der Waals surface area contributed by atoms with E-state index in [4.69, 9.17) is 4.74 Å². The molecule has 3 atom stereocenters. The zero-order chi connectivity index (χ0) is 15.2. The van der Waals surface area contributed by atoms with Gasteiger partial charge in [0.05, 0.1) is 36.9 Å². The molecule has 1 aromatic rings. The maximum Gasteiger partial charge on any atom is 0.0981 e. The van der Waals surface area contributed by atoms with Crippen LogP contribution in [-0.2, 0) is 4.74 Å². The average Bonchev–Trinajstić information content (AvgIpc) is 2.53. The van der Waals surface area contributed by atoms with E-state index in [1.807, 2.05) is 6.20 Å². The summed E-state index contributed by atoms with van der Waals surface area (Å²) in [7, 11) is 0. The van der Waals surface area contributed by atoms with Crippen molar-refractivity contribution in [3.8, 4) is 0 Å². The minimum Gasteiger partial charge on any atom is -0.394 e. The molecule has 1 aliphatic rings. The first-order valence-electron chi connectivity index (χ1n) is 7.88. The fourth-order valence-corrected chi connectivity index (χ4v) is 2.77. The molecule has 5 heteroatoms. The molecule has 3 unspecified atom stereocenters. The minimum absolute atomic E-state index is 0.0626. The van der Waals surface area contributed by atoms with E-state index in [1.54, 1.807) is 0 Å². The molecule has 118 valence electrons. The van der Waals surface area contributed by atoms with E-state index in [1.165, 1.54) is 0 Å². The number of aliphatic hydroxyl groups excluding tert-OH is 1. The first-order chi connectivity index (χ1) is 10.2. The van der Waals surface area contributed by atoms with Crippen LogP contribution >= 0.6 is 0 Å². The zero-order valence-corrected chi connectivity index (χ0v) is 13.2. The van der Waals surface area contributed by atoms with Gasteiger partial charge in [-0.15, -0.1) is 0 Å². The predicted molar refractivity (Wildman–Crippen MR) is 84.6 cm³/mol. The first kappa shape index (κ1) is 16.2. The molecular formula is C16H27N3O2. The van der Waals surface area contributed by atoms with Gasteiger partial charge in [0.2, 0.25) is 0 Å². The molecule has 2 rings (SSSR count). The maximum absolute atomic E-state index is 9.27. The van der Waals surface area contributed by atoms with Crippen molar-refractivity contribution < 1.29 is 9.84 Å². The summed E-state index contributed by atoms with van der Waals surface area (Å²) in [5, 5.41) is 12.7. The second kappa shape index (κ2) is 7.73. The van der Waals surface area contributed by atoms with Crippen LogP contribution in [0.4, 0.5) is 5.69 Å². The van der Waals surface area contributed by atoms with Gasteiger partial charge in [-0.1, -0.05) is 13.8 Å². The molecule has 1 aromatic heterocycles. The summed E-state index contributed by atoms with van der Waals surface area (Å²) in [5.41, 5.74) is 2.18. The molecule has 0 bridgehead atoms. The predicted octanol–water partition coefficient (Wildman–Crippen LogP) is 1.73. The van der Waals surface area contributed by atoms with Crippen LogP contribution in [0.5, 0.6) is 0 Å². The topological polar surface area (TPSA) is 57.6 Å². The van der Waals surface area contributed by atoms with Crippen LogP contribution in [0.15, 0.2) is 18.3 Å². The molecule has 2 N–H and O–H groups in total. The molecule has 0 aliphatic carbocycles. The van der Waals surface area contributed by atoms with Gasteiger partial charge in [-0.2, -0.15) is 0 Å². The van der Waals surface area contributed by atoms with Crippen LogP contribution in [0.2, 0.25) is 0 Å². The van der Waals surface area contributed by atoms with E-state index in [-0.39, 0.29) is 12.7 Å². The number of pyridine rings is 1.